The molecule has 2 rings (SSSR count). The van der Waals surface area contributed by atoms with Crippen LogP contribution in [0.1, 0.15) is 51.4 Å². The molecule has 2 fully saturated rings. The summed E-state index contributed by atoms with van der Waals surface area (Å²) in [4.78, 5) is 12.1. The third kappa shape index (κ3) is 4.40. The summed E-state index contributed by atoms with van der Waals surface area (Å²) in [6.45, 7) is 2.42. The van der Waals surface area contributed by atoms with Gasteiger partial charge in [-0.25, -0.2) is 0 Å². The van der Waals surface area contributed by atoms with Gasteiger partial charge in [-0.15, -0.1) is 0 Å². The van der Waals surface area contributed by atoms with Crippen molar-refractivity contribution in [1.29, 1.82) is 0 Å². The number of hydrogen-bond donors (Lipinski definition) is 1. The van der Waals surface area contributed by atoms with Crippen LogP contribution in [0, 0.1) is 5.92 Å². The maximum atomic E-state index is 12.1. The molecule has 98 valence electrons. The van der Waals surface area contributed by atoms with E-state index in [4.69, 9.17) is 4.74 Å². The number of nitrogens with one attached hydrogen (secondary N) is 1. The second-order valence-electron chi connectivity index (χ2n) is 5.42. The highest BCUT2D eigenvalue weighted by atomic mass is 16.5. The minimum absolute atomic E-state index is 0.291. The van der Waals surface area contributed by atoms with Crippen molar-refractivity contribution in [3.05, 3.63) is 0 Å². The Morgan fingerprint density at radius 3 is 2.29 bits per heavy atom. The number of hydrogen-bond acceptors (Lipinski definition) is 3. The Bertz CT molecular complexity index is 228. The van der Waals surface area contributed by atoms with Gasteiger partial charge in [-0.2, -0.15) is 0 Å². The summed E-state index contributed by atoms with van der Waals surface area (Å²) >= 11 is 0. The molecule has 3 nitrogen and oxygen atoms in total. The highest BCUT2D eigenvalue weighted by Crippen LogP contribution is 2.23. The van der Waals surface area contributed by atoms with E-state index >= 15 is 0 Å². The molecule has 3 heteroatoms. The fraction of sp³-hybridized carbons (Fsp3) is 0.929. The quantitative estimate of drug-likeness (QED) is 0.765. The van der Waals surface area contributed by atoms with Crippen molar-refractivity contribution in [3.8, 4) is 0 Å². The van der Waals surface area contributed by atoms with Crippen LogP contribution in [0.2, 0.25) is 0 Å². The summed E-state index contributed by atoms with van der Waals surface area (Å²) in [5, 5.41) is 3.31. The second kappa shape index (κ2) is 7.12. The Labute approximate surface area is 104 Å². The Balaban J connectivity index is 1.68. The van der Waals surface area contributed by atoms with Gasteiger partial charge in [0.05, 0.1) is 6.10 Å². The zero-order chi connectivity index (χ0) is 11.9. The van der Waals surface area contributed by atoms with Crippen LogP contribution < -0.4 is 5.32 Å². The van der Waals surface area contributed by atoms with Gasteiger partial charge in [0, 0.05) is 5.92 Å². The van der Waals surface area contributed by atoms with E-state index in [1.807, 2.05) is 0 Å². The van der Waals surface area contributed by atoms with E-state index in [9.17, 15) is 4.79 Å². The number of rotatable bonds is 4. The summed E-state index contributed by atoms with van der Waals surface area (Å²) in [6, 6.07) is 0. The van der Waals surface area contributed by atoms with Gasteiger partial charge < -0.3 is 10.1 Å². The number of ether oxygens (including phenoxy) is 1. The topological polar surface area (TPSA) is 38.3 Å². The van der Waals surface area contributed by atoms with Crippen molar-refractivity contribution in [2.45, 2.75) is 57.5 Å². The van der Waals surface area contributed by atoms with Crippen LogP contribution in [0.4, 0.5) is 0 Å². The van der Waals surface area contributed by atoms with Crippen LogP contribution in [-0.4, -0.2) is 31.6 Å². The van der Waals surface area contributed by atoms with Crippen LogP contribution >= 0.6 is 0 Å². The van der Waals surface area contributed by atoms with E-state index in [0.717, 1.165) is 38.8 Å². The van der Waals surface area contributed by atoms with Crippen LogP contribution in [0.15, 0.2) is 0 Å². The van der Waals surface area contributed by atoms with Crippen LogP contribution in [0.3, 0.4) is 0 Å². The van der Waals surface area contributed by atoms with Crippen molar-refractivity contribution in [1.82, 2.24) is 5.32 Å². The van der Waals surface area contributed by atoms with Gasteiger partial charge >= 0.3 is 0 Å². The number of ketones is 1. The van der Waals surface area contributed by atoms with E-state index in [1.165, 1.54) is 25.7 Å². The Morgan fingerprint density at radius 1 is 1.00 bits per heavy atom. The van der Waals surface area contributed by atoms with Gasteiger partial charge in [-0.3, -0.25) is 4.79 Å². The predicted octanol–water partition coefficient (Wildman–Crippen LogP) is 2.29. The number of carbonyl (C=O) groups excluding carboxylic acids is 1. The molecule has 1 N–H and O–H groups in total. The highest BCUT2D eigenvalue weighted by molar-refractivity contribution is 5.82. The number of Topliss-reactive ketones (excluding diaryl/α,β-unsaturated/α-hetero) is 1. The molecule has 0 aromatic heterocycles. The average Bonchev–Trinajstić information content (AvgIpc) is 2.66. The maximum Gasteiger partial charge on any atom is 0.161 e. The Morgan fingerprint density at radius 2 is 1.65 bits per heavy atom. The van der Waals surface area contributed by atoms with Crippen molar-refractivity contribution in [2.75, 3.05) is 19.7 Å². The van der Waals surface area contributed by atoms with Gasteiger partial charge in [0.15, 0.2) is 5.78 Å². The molecular formula is C14H25NO2. The average molecular weight is 239 g/mol. The van der Waals surface area contributed by atoms with Crippen molar-refractivity contribution < 1.29 is 9.53 Å². The SMILES string of the molecule is O=C(COC1CCNCC1)C1CCCCCC1. The van der Waals surface area contributed by atoms with E-state index in [1.54, 1.807) is 0 Å². The Kier molecular flexibility index (Phi) is 5.46. The molecule has 1 saturated heterocycles. The van der Waals surface area contributed by atoms with Crippen LogP contribution in [0.25, 0.3) is 0 Å². The molecule has 0 aromatic carbocycles. The second-order valence-corrected chi connectivity index (χ2v) is 5.42. The smallest absolute Gasteiger partial charge is 0.161 e. The molecule has 0 amide bonds. The van der Waals surface area contributed by atoms with E-state index in [-0.39, 0.29) is 0 Å². The van der Waals surface area contributed by atoms with Gasteiger partial charge in [-0.05, 0) is 38.8 Å². The lowest BCUT2D eigenvalue weighted by molar-refractivity contribution is -0.130. The van der Waals surface area contributed by atoms with Crippen molar-refractivity contribution in [3.63, 3.8) is 0 Å². The first-order chi connectivity index (χ1) is 8.36. The molecule has 1 saturated carbocycles. The van der Waals surface area contributed by atoms with Crippen molar-refractivity contribution >= 4 is 5.78 Å². The highest BCUT2D eigenvalue weighted by Gasteiger charge is 2.21. The maximum absolute atomic E-state index is 12.1. The zero-order valence-electron chi connectivity index (χ0n) is 10.7. The molecule has 1 aliphatic heterocycles. The zero-order valence-corrected chi connectivity index (χ0v) is 10.7. The first-order valence-corrected chi connectivity index (χ1v) is 7.21. The lowest BCUT2D eigenvalue weighted by Crippen LogP contribution is -2.34. The predicted molar refractivity (Wildman–Crippen MR) is 68.0 cm³/mol. The molecule has 17 heavy (non-hydrogen) atoms. The molecule has 1 heterocycles. The van der Waals surface area contributed by atoms with Gasteiger partial charge in [0.1, 0.15) is 6.61 Å². The van der Waals surface area contributed by atoms with E-state index in [2.05, 4.69) is 5.32 Å². The number of carbonyl (C=O) groups is 1. The lowest BCUT2D eigenvalue weighted by Gasteiger charge is -2.23. The largest absolute Gasteiger partial charge is 0.370 e. The third-order valence-corrected chi connectivity index (χ3v) is 4.06. The van der Waals surface area contributed by atoms with E-state index < -0.39 is 0 Å². The molecule has 0 spiro atoms. The van der Waals surface area contributed by atoms with Crippen LogP contribution in [0.5, 0.6) is 0 Å². The normalized spacial score (nSPS) is 24.5. The number of piperidine rings is 1. The summed E-state index contributed by atoms with van der Waals surface area (Å²) in [5.41, 5.74) is 0. The Hall–Kier alpha value is -0.410. The molecule has 1 aliphatic carbocycles. The minimum atomic E-state index is 0.291. The fourth-order valence-corrected chi connectivity index (χ4v) is 2.88. The molecule has 2 aliphatic rings. The van der Waals surface area contributed by atoms with Crippen LogP contribution in [-0.2, 0) is 9.53 Å². The molecule has 0 unspecified atom stereocenters. The van der Waals surface area contributed by atoms with Gasteiger partial charge in [0.2, 0.25) is 0 Å². The summed E-state index contributed by atoms with van der Waals surface area (Å²) in [7, 11) is 0. The van der Waals surface area contributed by atoms with E-state index in [0.29, 0.717) is 24.4 Å². The lowest BCUT2D eigenvalue weighted by atomic mass is 9.96. The summed E-state index contributed by atoms with van der Waals surface area (Å²) < 4.78 is 5.75. The first kappa shape index (κ1) is 13.0. The molecule has 0 bridgehead atoms. The molecule has 0 atom stereocenters. The van der Waals surface area contributed by atoms with Gasteiger partial charge in [0.25, 0.3) is 0 Å². The molecule has 0 aromatic rings. The fourth-order valence-electron chi connectivity index (χ4n) is 2.88. The molecule has 0 radical (unpaired) electrons. The van der Waals surface area contributed by atoms with Gasteiger partial charge in [-0.1, -0.05) is 25.7 Å². The standard InChI is InChI=1S/C14H25NO2/c16-14(12-5-3-1-2-4-6-12)11-17-13-7-9-15-10-8-13/h12-13,15H,1-11H2. The monoisotopic (exact) mass is 239 g/mol. The summed E-state index contributed by atoms with van der Waals surface area (Å²) in [5.74, 6) is 0.643. The summed E-state index contributed by atoms with van der Waals surface area (Å²) in [6.07, 6.45) is 9.66. The third-order valence-electron chi connectivity index (χ3n) is 4.06. The minimum Gasteiger partial charge on any atom is -0.370 e. The van der Waals surface area contributed by atoms with Crippen molar-refractivity contribution in [2.24, 2.45) is 5.92 Å². The first-order valence-electron chi connectivity index (χ1n) is 7.21. The molecular weight excluding hydrogens is 214 g/mol.